The van der Waals surface area contributed by atoms with E-state index in [0.717, 1.165) is 10.7 Å². The highest BCUT2D eigenvalue weighted by atomic mass is 79.9. The molecule has 0 spiro atoms. The van der Waals surface area contributed by atoms with Crippen LogP contribution < -0.4 is 0 Å². The van der Waals surface area contributed by atoms with Gasteiger partial charge < -0.3 is 0 Å². The highest BCUT2D eigenvalue weighted by Crippen LogP contribution is 1.80. The monoisotopic (exact) mass is 244 g/mol. The molecule has 0 radical (unpaired) electrons. The Hall–Kier alpha value is 0.960. The minimum absolute atomic E-state index is 1.13. The molecule has 0 saturated heterocycles. The van der Waals surface area contributed by atoms with E-state index in [1.807, 2.05) is 0 Å². The van der Waals surface area contributed by atoms with E-state index in [2.05, 4.69) is 45.7 Å². The van der Waals surface area contributed by atoms with Gasteiger partial charge in [-0.3, -0.25) is 0 Å². The SMILES string of the molecule is CCCBr.CCCBr. The summed E-state index contributed by atoms with van der Waals surface area (Å²) in [7, 11) is 0. The molecule has 0 aromatic heterocycles. The first-order valence-electron chi connectivity index (χ1n) is 2.95. The highest BCUT2D eigenvalue weighted by molar-refractivity contribution is 9.09. The predicted octanol–water partition coefficient (Wildman–Crippen LogP) is 3.58. The number of rotatable bonds is 2. The van der Waals surface area contributed by atoms with Gasteiger partial charge in [-0.2, -0.15) is 0 Å². The summed E-state index contributed by atoms with van der Waals surface area (Å²) in [6.45, 7) is 4.27. The molecule has 0 heterocycles. The van der Waals surface area contributed by atoms with Crippen LogP contribution in [0, 0.1) is 0 Å². The van der Waals surface area contributed by atoms with Gasteiger partial charge >= 0.3 is 0 Å². The van der Waals surface area contributed by atoms with Crippen molar-refractivity contribution in [3.63, 3.8) is 0 Å². The maximum absolute atomic E-state index is 3.25. The smallest absolute Gasteiger partial charge is 0.00286 e. The van der Waals surface area contributed by atoms with Crippen LogP contribution in [0.15, 0.2) is 0 Å². The van der Waals surface area contributed by atoms with Gasteiger partial charge in [-0.05, 0) is 12.8 Å². The molecule has 0 aromatic carbocycles. The van der Waals surface area contributed by atoms with E-state index in [0.29, 0.717) is 0 Å². The molecule has 2 heteroatoms. The average molecular weight is 246 g/mol. The fourth-order valence-electron chi connectivity index (χ4n) is 0. The van der Waals surface area contributed by atoms with Gasteiger partial charge in [0.25, 0.3) is 0 Å². The second-order valence-electron chi connectivity index (χ2n) is 1.38. The van der Waals surface area contributed by atoms with Crippen molar-refractivity contribution < 1.29 is 0 Å². The summed E-state index contributed by atoms with van der Waals surface area (Å²) in [6.07, 6.45) is 2.47. The van der Waals surface area contributed by atoms with Crippen molar-refractivity contribution in [3.05, 3.63) is 0 Å². The molecule has 0 aliphatic carbocycles. The molecule has 0 nitrogen and oxygen atoms in total. The van der Waals surface area contributed by atoms with Crippen molar-refractivity contribution >= 4 is 31.9 Å². The highest BCUT2D eigenvalue weighted by Gasteiger charge is 1.59. The summed E-state index contributed by atoms with van der Waals surface area (Å²) in [5, 5.41) is 2.26. The lowest BCUT2D eigenvalue weighted by Gasteiger charge is -1.66. The Balaban J connectivity index is 0. The summed E-state index contributed by atoms with van der Waals surface area (Å²) in [5.41, 5.74) is 0. The van der Waals surface area contributed by atoms with Gasteiger partial charge in [0, 0.05) is 10.7 Å². The Morgan fingerprint density at radius 3 is 1.00 bits per heavy atom. The van der Waals surface area contributed by atoms with Crippen LogP contribution in [0.2, 0.25) is 0 Å². The molecule has 0 bridgehead atoms. The zero-order chi connectivity index (χ0) is 6.83. The zero-order valence-corrected chi connectivity index (χ0v) is 8.76. The second kappa shape index (κ2) is 15.7. The molecule has 0 N–H and O–H groups in total. The standard InChI is InChI=1S/2C3H7Br/c2*1-2-3-4/h2*2-3H2,1H3. The minimum Gasteiger partial charge on any atom is -0.0928 e. The van der Waals surface area contributed by atoms with Gasteiger partial charge in [-0.15, -0.1) is 0 Å². The van der Waals surface area contributed by atoms with Gasteiger partial charge in [0.05, 0.1) is 0 Å². The Morgan fingerprint density at radius 2 is 1.00 bits per heavy atom. The van der Waals surface area contributed by atoms with Crippen LogP contribution in [0.5, 0.6) is 0 Å². The fraction of sp³-hybridized carbons (Fsp3) is 1.00. The number of hydrogen-bond acceptors (Lipinski definition) is 0. The second-order valence-corrected chi connectivity index (χ2v) is 2.96. The molecule has 0 aromatic rings. The van der Waals surface area contributed by atoms with Gasteiger partial charge in [0.15, 0.2) is 0 Å². The largest absolute Gasteiger partial charge is 0.0928 e. The Labute approximate surface area is 69.3 Å². The van der Waals surface area contributed by atoms with Crippen molar-refractivity contribution in [1.29, 1.82) is 0 Å². The van der Waals surface area contributed by atoms with E-state index >= 15 is 0 Å². The van der Waals surface area contributed by atoms with E-state index < -0.39 is 0 Å². The number of hydrogen-bond donors (Lipinski definition) is 0. The minimum atomic E-state index is 1.13. The van der Waals surface area contributed by atoms with Crippen LogP contribution in [0.3, 0.4) is 0 Å². The zero-order valence-electron chi connectivity index (χ0n) is 5.58. The van der Waals surface area contributed by atoms with E-state index in [1.165, 1.54) is 12.8 Å². The van der Waals surface area contributed by atoms with Gasteiger partial charge in [-0.25, -0.2) is 0 Å². The molecule has 52 valence electrons. The summed E-state index contributed by atoms with van der Waals surface area (Å²) >= 11 is 6.50. The maximum Gasteiger partial charge on any atom is 0.00286 e. The van der Waals surface area contributed by atoms with Crippen molar-refractivity contribution in [2.45, 2.75) is 26.7 Å². The quantitative estimate of drug-likeness (QED) is 0.653. The van der Waals surface area contributed by atoms with Crippen LogP contribution >= 0.6 is 31.9 Å². The normalized spacial score (nSPS) is 7.50. The lowest BCUT2D eigenvalue weighted by molar-refractivity contribution is 1.12. The van der Waals surface area contributed by atoms with Crippen LogP contribution in [0.1, 0.15) is 26.7 Å². The number of halogens is 2. The van der Waals surface area contributed by atoms with Crippen LogP contribution in [-0.2, 0) is 0 Å². The Bertz CT molecular complexity index is 14.5. The molecular weight excluding hydrogens is 232 g/mol. The Morgan fingerprint density at radius 1 is 0.875 bits per heavy atom. The third kappa shape index (κ3) is 28.2. The van der Waals surface area contributed by atoms with Crippen LogP contribution in [0.25, 0.3) is 0 Å². The Kier molecular flexibility index (Phi) is 23.0. The molecule has 0 atom stereocenters. The molecule has 0 rings (SSSR count). The van der Waals surface area contributed by atoms with E-state index in [-0.39, 0.29) is 0 Å². The molecule has 0 amide bonds. The maximum atomic E-state index is 3.25. The van der Waals surface area contributed by atoms with E-state index in [1.54, 1.807) is 0 Å². The van der Waals surface area contributed by atoms with Gasteiger partial charge in [-0.1, -0.05) is 45.7 Å². The van der Waals surface area contributed by atoms with Crippen molar-refractivity contribution in [1.82, 2.24) is 0 Å². The molecule has 8 heavy (non-hydrogen) atoms. The fourth-order valence-corrected chi connectivity index (χ4v) is 0. The number of alkyl halides is 2. The molecule has 0 saturated carbocycles. The van der Waals surface area contributed by atoms with Crippen molar-refractivity contribution in [3.8, 4) is 0 Å². The lowest BCUT2D eigenvalue weighted by Crippen LogP contribution is -1.54. The molecule has 0 aliphatic rings. The molecular formula is C6H14Br2. The predicted molar refractivity (Wildman–Crippen MR) is 48.2 cm³/mol. The molecule has 0 unspecified atom stereocenters. The third-order valence-electron chi connectivity index (χ3n) is 0.378. The van der Waals surface area contributed by atoms with E-state index in [9.17, 15) is 0 Å². The topological polar surface area (TPSA) is 0 Å². The van der Waals surface area contributed by atoms with Crippen molar-refractivity contribution in [2.24, 2.45) is 0 Å². The molecule has 0 fully saturated rings. The van der Waals surface area contributed by atoms with E-state index in [4.69, 9.17) is 0 Å². The first-order chi connectivity index (χ1) is 3.83. The summed E-state index contributed by atoms with van der Waals surface area (Å²) in [6, 6.07) is 0. The lowest BCUT2D eigenvalue weighted by atomic mass is 10.6. The third-order valence-corrected chi connectivity index (χ3v) is 1.96. The van der Waals surface area contributed by atoms with Gasteiger partial charge in [0.1, 0.15) is 0 Å². The van der Waals surface area contributed by atoms with Gasteiger partial charge in [0.2, 0.25) is 0 Å². The molecule has 0 aliphatic heterocycles. The van der Waals surface area contributed by atoms with Crippen LogP contribution in [0.4, 0.5) is 0 Å². The summed E-state index contributed by atoms with van der Waals surface area (Å²) in [5.74, 6) is 0. The average Bonchev–Trinajstić information content (AvgIpc) is 1.88. The summed E-state index contributed by atoms with van der Waals surface area (Å²) in [4.78, 5) is 0. The first-order valence-corrected chi connectivity index (χ1v) is 5.19. The first kappa shape index (κ1) is 11.7. The van der Waals surface area contributed by atoms with Crippen molar-refractivity contribution in [2.75, 3.05) is 10.7 Å². The van der Waals surface area contributed by atoms with Crippen LogP contribution in [-0.4, -0.2) is 10.7 Å². The summed E-state index contributed by atoms with van der Waals surface area (Å²) < 4.78 is 0.